The third-order valence-electron chi connectivity index (χ3n) is 7.59. The fraction of sp³-hybridized carbons (Fsp3) is 0.323. The highest BCUT2D eigenvalue weighted by molar-refractivity contribution is 6.34. The van der Waals surface area contributed by atoms with Gasteiger partial charge in [-0.2, -0.15) is 5.26 Å². The first-order valence-electron chi connectivity index (χ1n) is 13.9. The van der Waals surface area contributed by atoms with Crippen LogP contribution in [0.5, 0.6) is 0 Å². The zero-order valence-corrected chi connectivity index (χ0v) is 25.0. The molecule has 0 aliphatic carbocycles. The lowest BCUT2D eigenvalue weighted by atomic mass is 10.00. The number of hydrogen-bond donors (Lipinski definition) is 1. The number of carboxylic acid groups (broad SMARTS) is 1. The molecule has 1 amide bonds. The second-order valence-electron chi connectivity index (χ2n) is 10.9. The molecule has 0 bridgehead atoms. The predicted octanol–water partition coefficient (Wildman–Crippen LogP) is 5.23. The van der Waals surface area contributed by atoms with Gasteiger partial charge in [0.25, 0.3) is 5.56 Å². The highest BCUT2D eigenvalue weighted by Crippen LogP contribution is 2.38. The Morgan fingerprint density at radius 1 is 1.05 bits per heavy atom. The van der Waals surface area contributed by atoms with Crippen molar-refractivity contribution in [1.29, 1.82) is 5.26 Å². The van der Waals surface area contributed by atoms with Crippen LogP contribution in [0.15, 0.2) is 41.5 Å². The number of piperazine rings is 1. The van der Waals surface area contributed by atoms with E-state index in [1.165, 1.54) is 15.8 Å². The van der Waals surface area contributed by atoms with Gasteiger partial charge in [0, 0.05) is 42.7 Å². The molecule has 0 spiro atoms. The van der Waals surface area contributed by atoms with Gasteiger partial charge in [0.1, 0.15) is 23.6 Å². The van der Waals surface area contributed by atoms with Crippen LogP contribution in [0.1, 0.15) is 66.8 Å². The minimum atomic E-state index is -1.03. The number of nitriles is 1. The Hall–Kier alpha value is -4.82. The molecule has 0 unspecified atom stereocenters. The SMILES string of the molecule is CC(C)c1ncnc(C(C)C)c1-n1c(=O)c(C#N)c(N2CCN(C(=O)O)CC2)c2cc(Cl)c(-c3ccccc3C=O)nc21. The van der Waals surface area contributed by atoms with Gasteiger partial charge in [-0.05, 0) is 17.9 Å². The van der Waals surface area contributed by atoms with Crippen LogP contribution in [0.3, 0.4) is 0 Å². The molecule has 4 aromatic rings. The molecule has 1 fully saturated rings. The molecule has 1 aromatic carbocycles. The maximum Gasteiger partial charge on any atom is 0.407 e. The number of nitrogens with zero attached hydrogens (tertiary/aromatic N) is 7. The molecular formula is C31H30ClN7O4. The van der Waals surface area contributed by atoms with Gasteiger partial charge in [-0.25, -0.2) is 19.7 Å². The summed E-state index contributed by atoms with van der Waals surface area (Å²) in [6.45, 7) is 8.74. The van der Waals surface area contributed by atoms with Gasteiger partial charge in [0.2, 0.25) is 0 Å². The van der Waals surface area contributed by atoms with E-state index in [1.54, 1.807) is 30.3 Å². The lowest BCUT2D eigenvalue weighted by molar-refractivity contribution is 0.112. The summed E-state index contributed by atoms with van der Waals surface area (Å²) >= 11 is 6.86. The van der Waals surface area contributed by atoms with Gasteiger partial charge in [-0.3, -0.25) is 14.2 Å². The van der Waals surface area contributed by atoms with E-state index in [1.807, 2.05) is 32.6 Å². The van der Waals surface area contributed by atoms with Crippen LogP contribution in [0.25, 0.3) is 28.0 Å². The van der Waals surface area contributed by atoms with Gasteiger partial charge >= 0.3 is 6.09 Å². The van der Waals surface area contributed by atoms with E-state index in [0.717, 1.165) is 6.29 Å². The summed E-state index contributed by atoms with van der Waals surface area (Å²) in [5.41, 5.74) is 2.66. The second kappa shape index (κ2) is 11.8. The summed E-state index contributed by atoms with van der Waals surface area (Å²) < 4.78 is 1.40. The number of aldehydes is 1. The molecule has 0 saturated carbocycles. The molecule has 5 rings (SSSR count). The van der Waals surface area contributed by atoms with Crippen molar-refractivity contribution in [3.63, 3.8) is 0 Å². The normalized spacial score (nSPS) is 13.5. The van der Waals surface area contributed by atoms with Crippen LogP contribution in [0, 0.1) is 11.3 Å². The zero-order valence-electron chi connectivity index (χ0n) is 24.2. The maximum absolute atomic E-state index is 14.5. The van der Waals surface area contributed by atoms with Crippen molar-refractivity contribution < 1.29 is 14.7 Å². The Morgan fingerprint density at radius 3 is 2.23 bits per heavy atom. The van der Waals surface area contributed by atoms with E-state index in [0.29, 0.717) is 45.0 Å². The van der Waals surface area contributed by atoms with Crippen LogP contribution in [0.4, 0.5) is 10.5 Å². The van der Waals surface area contributed by atoms with Crippen molar-refractivity contribution in [2.45, 2.75) is 39.5 Å². The Labute approximate surface area is 253 Å². The highest BCUT2D eigenvalue weighted by atomic mass is 35.5. The van der Waals surface area contributed by atoms with Crippen molar-refractivity contribution in [2.24, 2.45) is 0 Å². The summed E-state index contributed by atoms with van der Waals surface area (Å²) in [5, 5.41) is 20.5. The van der Waals surface area contributed by atoms with Gasteiger partial charge in [0.05, 0.1) is 33.5 Å². The van der Waals surface area contributed by atoms with Crippen LogP contribution >= 0.6 is 11.6 Å². The summed E-state index contributed by atoms with van der Waals surface area (Å²) in [6.07, 6.45) is 1.16. The quantitative estimate of drug-likeness (QED) is 0.294. The van der Waals surface area contributed by atoms with Gasteiger partial charge in [-0.15, -0.1) is 0 Å². The van der Waals surface area contributed by atoms with Gasteiger partial charge in [-0.1, -0.05) is 63.6 Å². The van der Waals surface area contributed by atoms with Crippen LogP contribution in [0.2, 0.25) is 5.02 Å². The number of benzene rings is 1. The number of carbonyl (C=O) groups excluding carboxylic acids is 1. The Bertz CT molecular complexity index is 1830. The molecule has 0 radical (unpaired) electrons. The van der Waals surface area contributed by atoms with Crippen LogP contribution in [-0.2, 0) is 0 Å². The van der Waals surface area contributed by atoms with Crippen molar-refractivity contribution in [1.82, 2.24) is 24.4 Å². The third-order valence-corrected chi connectivity index (χ3v) is 7.88. The topological polar surface area (TPSA) is 145 Å². The number of amides is 1. The van der Waals surface area contributed by atoms with E-state index < -0.39 is 11.7 Å². The summed E-state index contributed by atoms with van der Waals surface area (Å²) in [5.74, 6) is -0.205. The van der Waals surface area contributed by atoms with Crippen molar-refractivity contribution in [3.05, 3.63) is 74.6 Å². The molecule has 1 aliphatic heterocycles. The molecule has 0 atom stereocenters. The highest BCUT2D eigenvalue weighted by Gasteiger charge is 2.30. The van der Waals surface area contributed by atoms with Gasteiger partial charge in [0.15, 0.2) is 6.29 Å². The molecular weight excluding hydrogens is 570 g/mol. The van der Waals surface area contributed by atoms with E-state index in [-0.39, 0.29) is 54.2 Å². The number of pyridine rings is 2. The molecule has 4 heterocycles. The van der Waals surface area contributed by atoms with Crippen LogP contribution < -0.4 is 10.5 Å². The molecule has 12 heteroatoms. The van der Waals surface area contributed by atoms with Crippen molar-refractivity contribution >= 4 is 40.7 Å². The minimum Gasteiger partial charge on any atom is -0.465 e. The molecule has 1 N–H and O–H groups in total. The Balaban J connectivity index is 1.94. The van der Waals surface area contributed by atoms with Crippen molar-refractivity contribution in [3.8, 4) is 23.0 Å². The molecule has 1 aliphatic rings. The number of anilines is 1. The average Bonchev–Trinajstić information content (AvgIpc) is 3.00. The molecule has 11 nitrogen and oxygen atoms in total. The fourth-order valence-electron chi connectivity index (χ4n) is 5.51. The number of fused-ring (bicyclic) bond motifs is 1. The first-order chi connectivity index (χ1) is 20.6. The zero-order chi connectivity index (χ0) is 31.0. The summed E-state index contributed by atoms with van der Waals surface area (Å²) in [7, 11) is 0. The van der Waals surface area contributed by atoms with Gasteiger partial charge < -0.3 is 14.9 Å². The minimum absolute atomic E-state index is 0.102. The molecule has 220 valence electrons. The van der Waals surface area contributed by atoms with E-state index in [4.69, 9.17) is 16.6 Å². The summed E-state index contributed by atoms with van der Waals surface area (Å²) in [4.78, 5) is 55.1. The molecule has 1 saturated heterocycles. The number of hydrogen-bond acceptors (Lipinski definition) is 8. The van der Waals surface area contributed by atoms with Crippen LogP contribution in [-0.4, -0.2) is 68.1 Å². The van der Waals surface area contributed by atoms with E-state index >= 15 is 0 Å². The number of rotatable bonds is 6. The smallest absolute Gasteiger partial charge is 0.407 e. The number of carbonyl (C=O) groups is 2. The lowest BCUT2D eigenvalue weighted by Gasteiger charge is -2.35. The molecule has 3 aromatic heterocycles. The largest absolute Gasteiger partial charge is 0.465 e. The van der Waals surface area contributed by atoms with E-state index in [2.05, 4.69) is 16.0 Å². The molecule has 43 heavy (non-hydrogen) atoms. The first kappa shape index (κ1) is 29.7. The first-order valence-corrected chi connectivity index (χ1v) is 14.3. The predicted molar refractivity (Wildman–Crippen MR) is 163 cm³/mol. The maximum atomic E-state index is 14.5. The Kier molecular flexibility index (Phi) is 8.15. The van der Waals surface area contributed by atoms with E-state index in [9.17, 15) is 24.8 Å². The number of aromatic nitrogens is 4. The third kappa shape index (κ3) is 5.19. The van der Waals surface area contributed by atoms with Crippen molar-refractivity contribution in [2.75, 3.05) is 31.1 Å². The second-order valence-corrected chi connectivity index (χ2v) is 11.3. The number of halogens is 1. The summed E-state index contributed by atoms with van der Waals surface area (Å²) in [6, 6.07) is 10.7. The lowest BCUT2D eigenvalue weighted by Crippen LogP contribution is -2.49. The monoisotopic (exact) mass is 599 g/mol. The fourth-order valence-corrected chi connectivity index (χ4v) is 5.76. The Morgan fingerprint density at radius 2 is 1.67 bits per heavy atom. The standard InChI is InChI=1S/C31H30ClN7O4/c1-17(2)24-28(25(18(3)4)35-16-34-24)39-29-21(13-23(32)26(36-29)20-8-6-5-7-19(20)15-40)27(22(14-33)30(39)41)37-9-11-38(12-10-37)31(42)43/h5-8,13,15-18H,9-12H2,1-4H3,(H,42,43). The average molecular weight is 600 g/mol.